The molecule has 18 heavy (non-hydrogen) atoms. The van der Waals surface area contributed by atoms with E-state index in [2.05, 4.69) is 25.9 Å². The smallest absolute Gasteiger partial charge is 0.126 e. The van der Waals surface area contributed by atoms with Crippen LogP contribution >= 0.6 is 15.9 Å². The van der Waals surface area contributed by atoms with Gasteiger partial charge in [-0.05, 0) is 30.7 Å². The lowest BCUT2D eigenvalue weighted by Gasteiger charge is -2.11. The summed E-state index contributed by atoms with van der Waals surface area (Å²) in [6.45, 7) is 1.82. The molecule has 0 aliphatic heterocycles. The molecule has 1 N–H and O–H groups in total. The molecule has 3 nitrogen and oxygen atoms in total. The Morgan fingerprint density at radius 1 is 1.33 bits per heavy atom. The molecule has 0 spiro atoms. The van der Waals surface area contributed by atoms with Gasteiger partial charge in [0.15, 0.2) is 0 Å². The molecular formula is C13H12BrFN2O. The second-order valence-corrected chi connectivity index (χ2v) is 4.95. The van der Waals surface area contributed by atoms with Gasteiger partial charge >= 0.3 is 0 Å². The van der Waals surface area contributed by atoms with E-state index in [0.29, 0.717) is 11.3 Å². The molecule has 0 fully saturated rings. The molecule has 94 valence electrons. The molecule has 1 aromatic carbocycles. The largest absolute Gasteiger partial charge is 0.386 e. The zero-order valence-electron chi connectivity index (χ0n) is 9.77. The van der Waals surface area contributed by atoms with E-state index in [1.807, 2.05) is 6.92 Å². The van der Waals surface area contributed by atoms with Crippen LogP contribution in [0.4, 0.5) is 4.39 Å². The third-order valence-electron chi connectivity index (χ3n) is 2.56. The van der Waals surface area contributed by atoms with Crippen LogP contribution in [0, 0.1) is 12.7 Å². The Morgan fingerprint density at radius 2 is 2.11 bits per heavy atom. The summed E-state index contributed by atoms with van der Waals surface area (Å²) in [7, 11) is 0. The van der Waals surface area contributed by atoms with Crippen LogP contribution in [0.5, 0.6) is 0 Å². The standard InChI is InChI=1S/C13H12BrFN2O/c1-8-6-17-12(7-16-8)13(18)5-9-4-10(14)2-3-11(9)15/h2-4,6-7,13,18H,5H2,1H3. The lowest BCUT2D eigenvalue weighted by Crippen LogP contribution is -2.06. The first-order chi connectivity index (χ1) is 8.56. The fourth-order valence-corrected chi connectivity index (χ4v) is 2.00. The fraction of sp³-hybridized carbons (Fsp3) is 0.231. The van der Waals surface area contributed by atoms with E-state index in [-0.39, 0.29) is 12.2 Å². The van der Waals surface area contributed by atoms with Crippen molar-refractivity contribution < 1.29 is 9.50 Å². The minimum Gasteiger partial charge on any atom is -0.386 e. The highest BCUT2D eigenvalue weighted by atomic mass is 79.9. The van der Waals surface area contributed by atoms with Gasteiger partial charge in [0.1, 0.15) is 11.9 Å². The number of nitrogens with zero attached hydrogens (tertiary/aromatic N) is 2. The van der Waals surface area contributed by atoms with Gasteiger partial charge in [-0.15, -0.1) is 0 Å². The van der Waals surface area contributed by atoms with Crippen molar-refractivity contribution in [1.82, 2.24) is 9.97 Å². The monoisotopic (exact) mass is 310 g/mol. The van der Waals surface area contributed by atoms with Crippen molar-refractivity contribution in [2.45, 2.75) is 19.4 Å². The van der Waals surface area contributed by atoms with Crippen LogP contribution in [0.15, 0.2) is 35.1 Å². The van der Waals surface area contributed by atoms with Crippen molar-refractivity contribution in [3.05, 3.63) is 57.8 Å². The van der Waals surface area contributed by atoms with Crippen molar-refractivity contribution in [3.8, 4) is 0 Å². The third kappa shape index (κ3) is 3.11. The quantitative estimate of drug-likeness (QED) is 0.948. The second-order valence-electron chi connectivity index (χ2n) is 4.04. The van der Waals surface area contributed by atoms with Crippen LogP contribution in [-0.4, -0.2) is 15.1 Å². The molecule has 1 unspecified atom stereocenters. The maximum atomic E-state index is 13.5. The maximum Gasteiger partial charge on any atom is 0.126 e. The van der Waals surface area contributed by atoms with Crippen LogP contribution in [0.2, 0.25) is 0 Å². The van der Waals surface area contributed by atoms with E-state index >= 15 is 0 Å². The molecule has 1 heterocycles. The number of halogens is 2. The first-order valence-electron chi connectivity index (χ1n) is 5.47. The zero-order chi connectivity index (χ0) is 13.1. The van der Waals surface area contributed by atoms with E-state index in [0.717, 1.165) is 10.2 Å². The number of aliphatic hydroxyl groups excluding tert-OH is 1. The van der Waals surface area contributed by atoms with E-state index in [1.54, 1.807) is 18.3 Å². The van der Waals surface area contributed by atoms with Gasteiger partial charge in [0.2, 0.25) is 0 Å². The highest BCUT2D eigenvalue weighted by Crippen LogP contribution is 2.21. The van der Waals surface area contributed by atoms with E-state index in [1.165, 1.54) is 12.3 Å². The molecule has 2 aromatic rings. The van der Waals surface area contributed by atoms with Crippen LogP contribution in [0.3, 0.4) is 0 Å². The Bertz CT molecular complexity index is 545. The molecule has 0 saturated heterocycles. The SMILES string of the molecule is Cc1cnc(C(O)Cc2cc(Br)ccc2F)cn1. The second kappa shape index (κ2) is 5.54. The Morgan fingerprint density at radius 3 is 2.78 bits per heavy atom. The summed E-state index contributed by atoms with van der Waals surface area (Å²) in [5, 5.41) is 10.00. The van der Waals surface area contributed by atoms with E-state index in [4.69, 9.17) is 0 Å². The van der Waals surface area contributed by atoms with Crippen LogP contribution in [0.1, 0.15) is 23.1 Å². The van der Waals surface area contributed by atoms with Crippen molar-refractivity contribution >= 4 is 15.9 Å². The number of aliphatic hydroxyl groups is 1. The molecule has 0 amide bonds. The van der Waals surface area contributed by atoms with Gasteiger partial charge in [0.25, 0.3) is 0 Å². The summed E-state index contributed by atoms with van der Waals surface area (Å²) in [4.78, 5) is 8.14. The first-order valence-corrected chi connectivity index (χ1v) is 6.26. The molecule has 0 radical (unpaired) electrons. The summed E-state index contributed by atoms with van der Waals surface area (Å²) >= 11 is 3.28. The van der Waals surface area contributed by atoms with Crippen molar-refractivity contribution in [1.29, 1.82) is 0 Å². The maximum absolute atomic E-state index is 13.5. The van der Waals surface area contributed by atoms with Gasteiger partial charge in [0.05, 0.1) is 17.6 Å². The average molecular weight is 311 g/mol. The third-order valence-corrected chi connectivity index (χ3v) is 3.06. The van der Waals surface area contributed by atoms with Gasteiger partial charge < -0.3 is 5.11 Å². The van der Waals surface area contributed by atoms with Crippen molar-refractivity contribution in [2.75, 3.05) is 0 Å². The van der Waals surface area contributed by atoms with Crippen LogP contribution < -0.4 is 0 Å². The van der Waals surface area contributed by atoms with E-state index < -0.39 is 6.10 Å². The van der Waals surface area contributed by atoms with Gasteiger partial charge in [0, 0.05) is 17.1 Å². The number of hydrogen-bond acceptors (Lipinski definition) is 3. The summed E-state index contributed by atoms with van der Waals surface area (Å²) in [5.41, 5.74) is 1.67. The highest BCUT2D eigenvalue weighted by molar-refractivity contribution is 9.10. The summed E-state index contributed by atoms with van der Waals surface area (Å²) in [6.07, 6.45) is 2.40. The number of rotatable bonds is 3. The van der Waals surface area contributed by atoms with E-state index in [9.17, 15) is 9.50 Å². The molecule has 1 aromatic heterocycles. The van der Waals surface area contributed by atoms with Gasteiger partial charge in [-0.1, -0.05) is 15.9 Å². The first kappa shape index (κ1) is 13.1. The lowest BCUT2D eigenvalue weighted by molar-refractivity contribution is 0.172. The fourth-order valence-electron chi connectivity index (χ4n) is 1.59. The van der Waals surface area contributed by atoms with Gasteiger partial charge in [-0.3, -0.25) is 9.97 Å². The normalized spacial score (nSPS) is 12.4. The minimum absolute atomic E-state index is 0.170. The molecule has 1 atom stereocenters. The number of aromatic nitrogens is 2. The zero-order valence-corrected chi connectivity index (χ0v) is 11.4. The molecule has 0 saturated carbocycles. The van der Waals surface area contributed by atoms with Gasteiger partial charge in [-0.2, -0.15) is 0 Å². The predicted octanol–water partition coefficient (Wildman–Crippen LogP) is 2.96. The highest BCUT2D eigenvalue weighted by Gasteiger charge is 2.13. The number of benzene rings is 1. The summed E-state index contributed by atoms with van der Waals surface area (Å²) in [6, 6.07) is 4.64. The Hall–Kier alpha value is -1.33. The lowest BCUT2D eigenvalue weighted by atomic mass is 10.1. The molecule has 0 bridgehead atoms. The molecule has 2 rings (SSSR count). The van der Waals surface area contributed by atoms with Gasteiger partial charge in [-0.25, -0.2) is 4.39 Å². The van der Waals surface area contributed by atoms with Crippen LogP contribution in [-0.2, 0) is 6.42 Å². The molecule has 0 aliphatic rings. The number of aryl methyl sites for hydroxylation is 1. The Kier molecular flexibility index (Phi) is 4.04. The topological polar surface area (TPSA) is 46.0 Å². The number of hydrogen-bond donors (Lipinski definition) is 1. The predicted molar refractivity (Wildman–Crippen MR) is 69.5 cm³/mol. The average Bonchev–Trinajstić information content (AvgIpc) is 2.34. The molecule has 0 aliphatic carbocycles. The van der Waals surface area contributed by atoms with Crippen molar-refractivity contribution in [3.63, 3.8) is 0 Å². The molecule has 5 heteroatoms. The minimum atomic E-state index is -0.859. The molecular weight excluding hydrogens is 299 g/mol. The Balaban J connectivity index is 2.18. The van der Waals surface area contributed by atoms with Crippen LogP contribution in [0.25, 0.3) is 0 Å². The van der Waals surface area contributed by atoms with Crippen molar-refractivity contribution in [2.24, 2.45) is 0 Å². The summed E-state index contributed by atoms with van der Waals surface area (Å²) in [5.74, 6) is -0.336. The Labute approximate surface area is 113 Å². The summed E-state index contributed by atoms with van der Waals surface area (Å²) < 4.78 is 14.3.